The van der Waals surface area contributed by atoms with Crippen LogP contribution in [0.4, 0.5) is 5.69 Å². The van der Waals surface area contributed by atoms with Crippen LogP contribution >= 0.6 is 0 Å². The molecule has 0 aliphatic carbocycles. The second-order valence-electron chi connectivity index (χ2n) is 6.99. The van der Waals surface area contributed by atoms with E-state index in [1.54, 1.807) is 30.3 Å². The van der Waals surface area contributed by atoms with Gasteiger partial charge in [-0.1, -0.05) is 30.0 Å². The van der Waals surface area contributed by atoms with Gasteiger partial charge in [-0.3, -0.25) is 4.79 Å². The molecule has 5 heteroatoms. The van der Waals surface area contributed by atoms with Gasteiger partial charge in [-0.2, -0.15) is 0 Å². The number of hydrogen-bond donors (Lipinski definition) is 1. The summed E-state index contributed by atoms with van der Waals surface area (Å²) in [5.74, 6) is 6.06. The lowest BCUT2D eigenvalue weighted by Crippen LogP contribution is -2.20. The molecule has 0 aromatic heterocycles. The van der Waals surface area contributed by atoms with E-state index in [4.69, 9.17) is 9.47 Å². The molecule has 1 amide bonds. The molecule has 31 heavy (non-hydrogen) atoms. The number of benzene rings is 3. The molecule has 0 unspecified atom stereocenters. The third-order valence-corrected chi connectivity index (χ3v) is 4.63. The summed E-state index contributed by atoms with van der Waals surface area (Å²) >= 11 is 0. The van der Waals surface area contributed by atoms with Crippen LogP contribution in [0.2, 0.25) is 0 Å². The van der Waals surface area contributed by atoms with Crippen LogP contribution in [-0.4, -0.2) is 25.6 Å². The molecule has 0 heterocycles. The fraction of sp³-hybridized carbons (Fsp3) is 0.154. The second-order valence-corrected chi connectivity index (χ2v) is 6.99. The molecule has 0 spiro atoms. The highest BCUT2D eigenvalue weighted by Crippen LogP contribution is 2.16. The van der Waals surface area contributed by atoms with Gasteiger partial charge in [0, 0.05) is 16.8 Å². The summed E-state index contributed by atoms with van der Waals surface area (Å²) in [4.78, 5) is 23.9. The van der Waals surface area contributed by atoms with Crippen molar-refractivity contribution in [2.75, 3.05) is 19.0 Å². The molecule has 0 fully saturated rings. The van der Waals surface area contributed by atoms with Crippen LogP contribution in [0.5, 0.6) is 5.75 Å². The van der Waals surface area contributed by atoms with Crippen molar-refractivity contribution in [3.05, 3.63) is 94.5 Å². The third-order valence-electron chi connectivity index (χ3n) is 4.63. The highest BCUT2D eigenvalue weighted by atomic mass is 16.5. The van der Waals surface area contributed by atoms with Crippen molar-refractivity contribution in [3.63, 3.8) is 0 Å². The number of carbonyl (C=O) groups is 2. The van der Waals surface area contributed by atoms with Gasteiger partial charge >= 0.3 is 5.97 Å². The fourth-order valence-electron chi connectivity index (χ4n) is 2.81. The van der Waals surface area contributed by atoms with Crippen molar-refractivity contribution in [1.82, 2.24) is 0 Å². The van der Waals surface area contributed by atoms with Gasteiger partial charge in [0.1, 0.15) is 5.75 Å². The zero-order valence-electron chi connectivity index (χ0n) is 17.7. The summed E-state index contributed by atoms with van der Waals surface area (Å²) in [6.07, 6.45) is 0. The van der Waals surface area contributed by atoms with Crippen molar-refractivity contribution in [1.29, 1.82) is 0 Å². The molecule has 0 saturated carbocycles. The van der Waals surface area contributed by atoms with Crippen molar-refractivity contribution in [3.8, 4) is 17.6 Å². The minimum atomic E-state index is -0.406. The Morgan fingerprint density at radius 3 is 2.29 bits per heavy atom. The Bertz CT molecular complexity index is 1170. The highest BCUT2D eigenvalue weighted by Gasteiger charge is 2.06. The van der Waals surface area contributed by atoms with Gasteiger partial charge in [-0.05, 0) is 73.5 Å². The molecule has 0 saturated heterocycles. The Labute approximate surface area is 182 Å². The number of rotatable bonds is 5. The van der Waals surface area contributed by atoms with Crippen LogP contribution in [-0.2, 0) is 9.53 Å². The quantitative estimate of drug-likeness (QED) is 0.494. The molecule has 1 N–H and O–H groups in total. The second kappa shape index (κ2) is 10.1. The third kappa shape index (κ3) is 6.22. The number of nitrogens with one attached hydrogen (secondary N) is 1. The van der Waals surface area contributed by atoms with Crippen molar-refractivity contribution in [2.24, 2.45) is 0 Å². The van der Waals surface area contributed by atoms with E-state index < -0.39 is 5.97 Å². The van der Waals surface area contributed by atoms with Gasteiger partial charge in [-0.15, -0.1) is 0 Å². The van der Waals surface area contributed by atoms with Crippen molar-refractivity contribution < 1.29 is 19.1 Å². The van der Waals surface area contributed by atoms with E-state index in [1.807, 2.05) is 50.2 Å². The summed E-state index contributed by atoms with van der Waals surface area (Å²) in [5.41, 5.74) is 4.78. The van der Waals surface area contributed by atoms with E-state index in [2.05, 4.69) is 17.2 Å². The molecule has 3 aromatic carbocycles. The van der Waals surface area contributed by atoms with Crippen LogP contribution in [0.15, 0.2) is 66.7 Å². The maximum Gasteiger partial charge on any atom is 0.337 e. The number of amides is 1. The summed E-state index contributed by atoms with van der Waals surface area (Å²) in [6.45, 7) is 3.94. The van der Waals surface area contributed by atoms with Gasteiger partial charge < -0.3 is 14.8 Å². The number of ether oxygens (including phenoxy) is 2. The summed E-state index contributed by atoms with van der Waals surface area (Å²) < 4.78 is 10.3. The molecule has 3 aromatic rings. The summed E-state index contributed by atoms with van der Waals surface area (Å²) in [6, 6.07) is 19.9. The molecule has 156 valence electrons. The van der Waals surface area contributed by atoms with Crippen LogP contribution < -0.4 is 10.1 Å². The predicted molar refractivity (Wildman–Crippen MR) is 120 cm³/mol. The van der Waals surface area contributed by atoms with E-state index in [1.165, 1.54) is 12.7 Å². The first-order valence-electron chi connectivity index (χ1n) is 9.75. The van der Waals surface area contributed by atoms with E-state index in [9.17, 15) is 9.59 Å². The van der Waals surface area contributed by atoms with Gasteiger partial charge in [-0.25, -0.2) is 4.79 Å². The molecular formula is C26H23NO4. The first kappa shape index (κ1) is 21.7. The number of anilines is 1. The topological polar surface area (TPSA) is 64.6 Å². The largest absolute Gasteiger partial charge is 0.484 e. The molecule has 0 aliphatic rings. The number of esters is 1. The minimum Gasteiger partial charge on any atom is -0.484 e. The average molecular weight is 413 g/mol. The number of aryl methyl sites for hydroxylation is 2. The lowest BCUT2D eigenvalue weighted by Gasteiger charge is -2.09. The Morgan fingerprint density at radius 1 is 0.871 bits per heavy atom. The Balaban J connectivity index is 1.63. The Morgan fingerprint density at radius 2 is 1.58 bits per heavy atom. The van der Waals surface area contributed by atoms with Gasteiger partial charge in [0.25, 0.3) is 5.91 Å². The zero-order chi connectivity index (χ0) is 22.2. The Hall–Kier alpha value is -4.04. The lowest BCUT2D eigenvalue weighted by atomic mass is 10.1. The molecule has 0 aliphatic heterocycles. The van der Waals surface area contributed by atoms with Crippen LogP contribution in [0.1, 0.15) is 32.6 Å². The molecular weight excluding hydrogens is 390 g/mol. The van der Waals surface area contributed by atoms with Gasteiger partial charge in [0.15, 0.2) is 6.61 Å². The van der Waals surface area contributed by atoms with Crippen molar-refractivity contribution in [2.45, 2.75) is 13.8 Å². The monoisotopic (exact) mass is 413 g/mol. The number of hydrogen-bond acceptors (Lipinski definition) is 4. The van der Waals surface area contributed by atoms with Gasteiger partial charge in [0.05, 0.1) is 12.7 Å². The lowest BCUT2D eigenvalue weighted by molar-refractivity contribution is -0.118. The Kier molecular flexibility index (Phi) is 7.08. The number of carbonyl (C=O) groups excluding carboxylic acids is 2. The minimum absolute atomic E-state index is 0.0846. The standard InChI is InChI=1S/C26H23NO4/c1-18-10-13-24(14-19(18)2)31-17-25(28)27-23-9-5-7-21(16-23)12-11-20-6-4-8-22(15-20)26(29)30-3/h4-10,13-16H,17H2,1-3H3,(H,27,28). The summed E-state index contributed by atoms with van der Waals surface area (Å²) in [7, 11) is 1.34. The highest BCUT2D eigenvalue weighted by molar-refractivity contribution is 5.92. The maximum atomic E-state index is 12.2. The van der Waals surface area contributed by atoms with E-state index in [0.717, 1.165) is 11.1 Å². The molecule has 0 atom stereocenters. The maximum absolute atomic E-state index is 12.2. The van der Waals surface area contributed by atoms with Crippen LogP contribution in [0.3, 0.4) is 0 Å². The van der Waals surface area contributed by atoms with Crippen LogP contribution in [0, 0.1) is 25.7 Å². The fourth-order valence-corrected chi connectivity index (χ4v) is 2.81. The normalized spacial score (nSPS) is 9.90. The summed E-state index contributed by atoms with van der Waals surface area (Å²) in [5, 5.41) is 2.82. The molecule has 0 bridgehead atoms. The van der Waals surface area contributed by atoms with E-state index >= 15 is 0 Å². The average Bonchev–Trinajstić information content (AvgIpc) is 2.78. The first-order chi connectivity index (χ1) is 14.9. The molecule has 0 radical (unpaired) electrons. The van der Waals surface area contributed by atoms with Crippen molar-refractivity contribution >= 4 is 17.6 Å². The van der Waals surface area contributed by atoms with Crippen LogP contribution in [0.25, 0.3) is 0 Å². The molecule has 5 nitrogen and oxygen atoms in total. The molecule has 3 rings (SSSR count). The first-order valence-corrected chi connectivity index (χ1v) is 9.75. The predicted octanol–water partition coefficient (Wildman–Crippen LogP) is 4.51. The zero-order valence-corrected chi connectivity index (χ0v) is 17.7. The van der Waals surface area contributed by atoms with E-state index in [-0.39, 0.29) is 12.5 Å². The number of methoxy groups -OCH3 is 1. The SMILES string of the molecule is COC(=O)c1cccc(C#Cc2cccc(NC(=O)COc3ccc(C)c(C)c3)c2)c1. The van der Waals surface area contributed by atoms with E-state index in [0.29, 0.717) is 22.6 Å². The smallest absolute Gasteiger partial charge is 0.337 e. The van der Waals surface area contributed by atoms with Gasteiger partial charge in [0.2, 0.25) is 0 Å².